The van der Waals surface area contributed by atoms with Crippen LogP contribution in [0.4, 0.5) is 0 Å². The molecule has 0 saturated heterocycles. The van der Waals surface area contributed by atoms with E-state index in [4.69, 9.17) is 21.1 Å². The Bertz CT molecular complexity index is 516. The number of carboxylic acid groups (broad SMARTS) is 1. The first-order valence-corrected chi connectivity index (χ1v) is 7.42. The minimum atomic E-state index is -1.02. The van der Waals surface area contributed by atoms with Gasteiger partial charge in [0.05, 0.1) is 0 Å². The van der Waals surface area contributed by atoms with Crippen LogP contribution in [0.5, 0.6) is 5.75 Å². The first-order valence-electron chi connectivity index (χ1n) is 7.42. The van der Waals surface area contributed by atoms with Gasteiger partial charge in [-0.15, -0.1) is 5.92 Å². The molecule has 0 aliphatic heterocycles. The maximum absolute atomic E-state index is 10.4. The third kappa shape index (κ3) is 7.67. The van der Waals surface area contributed by atoms with Crippen molar-refractivity contribution >= 4 is 5.97 Å². The van der Waals surface area contributed by atoms with Crippen LogP contribution in [0.3, 0.4) is 0 Å². The van der Waals surface area contributed by atoms with E-state index in [-0.39, 0.29) is 18.3 Å². The highest BCUT2D eigenvalue weighted by molar-refractivity contribution is 5.73. The number of hydrogen-bond donors (Lipinski definition) is 4. The summed E-state index contributed by atoms with van der Waals surface area (Å²) >= 11 is 0. The average Bonchev–Trinajstić information content (AvgIpc) is 2.46. The quantitative estimate of drug-likeness (QED) is 0.636. The Morgan fingerprint density at radius 2 is 1.95 bits per heavy atom. The van der Waals surface area contributed by atoms with Crippen LogP contribution in [0.1, 0.15) is 37.7 Å². The van der Waals surface area contributed by atoms with Crippen molar-refractivity contribution in [2.75, 3.05) is 0 Å². The van der Waals surface area contributed by atoms with Gasteiger partial charge in [-0.2, -0.15) is 0 Å². The summed E-state index contributed by atoms with van der Waals surface area (Å²) in [5, 5.41) is 26.5. The van der Waals surface area contributed by atoms with Crippen LogP contribution < -0.4 is 5.73 Å². The van der Waals surface area contributed by atoms with Gasteiger partial charge in [-0.05, 0) is 43.4 Å². The van der Waals surface area contributed by atoms with Crippen molar-refractivity contribution < 1.29 is 20.1 Å². The van der Waals surface area contributed by atoms with E-state index in [0.29, 0.717) is 0 Å². The van der Waals surface area contributed by atoms with Gasteiger partial charge in [0.2, 0.25) is 0 Å². The number of nitrogens with two attached hydrogens (primary N) is 1. The second kappa shape index (κ2) is 9.82. The van der Waals surface area contributed by atoms with Crippen molar-refractivity contribution in [3.05, 3.63) is 29.8 Å². The fourth-order valence-electron chi connectivity index (χ4n) is 1.96. The van der Waals surface area contributed by atoms with E-state index in [0.717, 1.165) is 24.8 Å². The van der Waals surface area contributed by atoms with Crippen LogP contribution in [-0.2, 0) is 11.2 Å². The summed E-state index contributed by atoms with van der Waals surface area (Å²) in [6, 6.07) is 5.42. The first kappa shape index (κ1) is 18.0. The van der Waals surface area contributed by atoms with E-state index in [1.54, 1.807) is 12.1 Å². The summed E-state index contributed by atoms with van der Waals surface area (Å²) < 4.78 is 0. The molecule has 0 heterocycles. The summed E-state index contributed by atoms with van der Waals surface area (Å²) in [6.45, 7) is 0. The van der Waals surface area contributed by atoms with Crippen LogP contribution in [0.2, 0.25) is 0 Å². The molecule has 1 aliphatic carbocycles. The first-order chi connectivity index (χ1) is 10.5. The normalized spacial score (nSPS) is 18.5. The molecule has 22 heavy (non-hydrogen) atoms. The van der Waals surface area contributed by atoms with E-state index in [1.165, 1.54) is 25.0 Å². The van der Waals surface area contributed by atoms with Crippen LogP contribution in [0, 0.1) is 11.8 Å². The van der Waals surface area contributed by atoms with E-state index in [1.807, 2.05) is 0 Å². The number of aromatic hydroxyl groups is 1. The highest BCUT2D eigenvalue weighted by atomic mass is 16.4. The van der Waals surface area contributed by atoms with Crippen LogP contribution >= 0.6 is 0 Å². The number of benzene rings is 1. The molecule has 5 heteroatoms. The molecule has 0 aromatic heterocycles. The Kier molecular flexibility index (Phi) is 8.05. The standard InChI is InChI=1S/C9H11NO3.C8H12O/c10-8(9(12)13)5-6-1-3-7(11)4-2-6;9-8-6-4-2-1-3-5-7-8/h1-4,8,11H,5,10H2,(H,12,13);8-9H,1-4,6H2. The number of carboxylic acids is 1. The lowest BCUT2D eigenvalue weighted by atomic mass is 10.1. The number of hydrogen-bond acceptors (Lipinski definition) is 4. The van der Waals surface area contributed by atoms with E-state index >= 15 is 0 Å². The predicted octanol–water partition coefficient (Wildman–Crippen LogP) is 1.66. The minimum Gasteiger partial charge on any atom is -0.508 e. The highest BCUT2D eigenvalue weighted by Crippen LogP contribution is 2.10. The van der Waals surface area contributed by atoms with E-state index in [9.17, 15) is 4.79 Å². The van der Waals surface area contributed by atoms with Crippen molar-refractivity contribution in [2.24, 2.45) is 5.73 Å². The smallest absolute Gasteiger partial charge is 0.320 e. The second-order valence-electron chi connectivity index (χ2n) is 5.25. The van der Waals surface area contributed by atoms with Gasteiger partial charge in [0.1, 0.15) is 17.9 Å². The average molecular weight is 305 g/mol. The van der Waals surface area contributed by atoms with E-state index < -0.39 is 12.0 Å². The minimum absolute atomic E-state index is 0.160. The zero-order valence-electron chi connectivity index (χ0n) is 12.5. The molecule has 1 aromatic rings. The number of aliphatic hydroxyl groups is 1. The maximum atomic E-state index is 10.4. The molecule has 0 fully saturated rings. The third-order valence-corrected chi connectivity index (χ3v) is 3.26. The van der Waals surface area contributed by atoms with Gasteiger partial charge < -0.3 is 21.1 Å². The number of carbonyl (C=O) groups is 1. The molecule has 0 spiro atoms. The van der Waals surface area contributed by atoms with Gasteiger partial charge >= 0.3 is 5.97 Å². The molecule has 0 radical (unpaired) electrons. The van der Waals surface area contributed by atoms with Crippen molar-refractivity contribution in [3.8, 4) is 17.6 Å². The predicted molar refractivity (Wildman–Crippen MR) is 84.3 cm³/mol. The van der Waals surface area contributed by atoms with Crippen molar-refractivity contribution in [1.82, 2.24) is 0 Å². The Hall–Kier alpha value is -2.03. The Labute approximate surface area is 130 Å². The lowest BCUT2D eigenvalue weighted by Crippen LogP contribution is -2.32. The molecule has 5 N–H and O–H groups in total. The van der Waals surface area contributed by atoms with Gasteiger partial charge in [-0.3, -0.25) is 4.79 Å². The SMILES string of the molecule is NC(Cc1ccc(O)cc1)C(=O)O.OC1C#CCCCCC1. The molecule has 1 aromatic carbocycles. The molecular weight excluding hydrogens is 282 g/mol. The fourth-order valence-corrected chi connectivity index (χ4v) is 1.96. The number of phenols is 1. The number of aliphatic carboxylic acids is 1. The van der Waals surface area contributed by atoms with Crippen molar-refractivity contribution in [3.63, 3.8) is 0 Å². The molecule has 5 nitrogen and oxygen atoms in total. The van der Waals surface area contributed by atoms with E-state index in [2.05, 4.69) is 11.8 Å². The fraction of sp³-hybridized carbons (Fsp3) is 0.471. The summed E-state index contributed by atoms with van der Waals surface area (Å²) in [5.74, 6) is 4.87. The Balaban J connectivity index is 0.000000235. The summed E-state index contributed by atoms with van der Waals surface area (Å²) in [7, 11) is 0. The summed E-state index contributed by atoms with van der Waals surface area (Å²) in [6.07, 6.45) is 5.34. The third-order valence-electron chi connectivity index (χ3n) is 3.26. The van der Waals surface area contributed by atoms with Gasteiger partial charge in [0.15, 0.2) is 0 Å². The molecule has 2 rings (SSSR count). The molecule has 0 saturated carbocycles. The molecular formula is C17H23NO4. The lowest BCUT2D eigenvalue weighted by Gasteiger charge is -2.05. The van der Waals surface area contributed by atoms with Gasteiger partial charge in [-0.1, -0.05) is 24.5 Å². The molecule has 0 amide bonds. The maximum Gasteiger partial charge on any atom is 0.320 e. The highest BCUT2D eigenvalue weighted by Gasteiger charge is 2.11. The number of aliphatic hydroxyl groups excluding tert-OH is 1. The zero-order chi connectivity index (χ0) is 16.4. The van der Waals surface area contributed by atoms with Crippen LogP contribution in [0.25, 0.3) is 0 Å². The zero-order valence-corrected chi connectivity index (χ0v) is 12.5. The molecule has 2 atom stereocenters. The van der Waals surface area contributed by atoms with Crippen molar-refractivity contribution in [2.45, 2.75) is 50.7 Å². The lowest BCUT2D eigenvalue weighted by molar-refractivity contribution is -0.138. The summed E-state index contributed by atoms with van der Waals surface area (Å²) in [5.41, 5.74) is 6.12. The number of phenolic OH excluding ortho intramolecular Hbond substituents is 1. The van der Waals surface area contributed by atoms with Gasteiger partial charge in [0.25, 0.3) is 0 Å². The molecule has 120 valence electrons. The monoisotopic (exact) mass is 305 g/mol. The van der Waals surface area contributed by atoms with Gasteiger partial charge in [0, 0.05) is 6.42 Å². The Morgan fingerprint density at radius 1 is 1.27 bits per heavy atom. The summed E-state index contributed by atoms with van der Waals surface area (Å²) in [4.78, 5) is 10.4. The second-order valence-corrected chi connectivity index (χ2v) is 5.25. The molecule has 2 unspecified atom stereocenters. The van der Waals surface area contributed by atoms with Crippen LogP contribution in [-0.4, -0.2) is 33.4 Å². The molecule has 0 bridgehead atoms. The topological polar surface area (TPSA) is 104 Å². The molecule has 1 aliphatic rings. The Morgan fingerprint density at radius 3 is 2.59 bits per heavy atom. The number of rotatable bonds is 3. The largest absolute Gasteiger partial charge is 0.508 e. The van der Waals surface area contributed by atoms with Gasteiger partial charge in [-0.25, -0.2) is 0 Å². The van der Waals surface area contributed by atoms with Crippen LogP contribution in [0.15, 0.2) is 24.3 Å². The van der Waals surface area contributed by atoms with Crippen molar-refractivity contribution in [1.29, 1.82) is 0 Å².